The maximum Gasteiger partial charge on any atom is 0.339 e. The first kappa shape index (κ1) is 20.9. The van der Waals surface area contributed by atoms with Crippen LogP contribution in [0.25, 0.3) is 0 Å². The van der Waals surface area contributed by atoms with E-state index in [1.807, 2.05) is 18.2 Å². The third kappa shape index (κ3) is 4.00. The molecule has 2 atom stereocenters. The molecule has 1 fully saturated rings. The third-order valence-corrected chi connectivity index (χ3v) is 5.79. The number of quaternary nitrogens is 1. The van der Waals surface area contributed by atoms with Gasteiger partial charge in [0.2, 0.25) is 5.78 Å². The van der Waals surface area contributed by atoms with E-state index in [1.165, 1.54) is 12.0 Å². The summed E-state index contributed by atoms with van der Waals surface area (Å²) in [5.41, 5.74) is 3.28. The number of ether oxygens (including phenoxy) is 3. The van der Waals surface area contributed by atoms with Crippen LogP contribution in [0.15, 0.2) is 18.2 Å². The number of likely N-dealkylation sites (tertiary alicyclic amines) is 1. The highest BCUT2D eigenvalue weighted by Gasteiger charge is 2.35. The number of aromatic nitrogens is 1. The maximum absolute atomic E-state index is 13.1. The molecule has 156 valence electrons. The van der Waals surface area contributed by atoms with Crippen molar-refractivity contribution < 1.29 is 28.7 Å². The van der Waals surface area contributed by atoms with Gasteiger partial charge >= 0.3 is 5.97 Å². The van der Waals surface area contributed by atoms with E-state index in [1.54, 1.807) is 28.1 Å². The van der Waals surface area contributed by atoms with Crippen molar-refractivity contribution in [1.82, 2.24) is 4.98 Å². The van der Waals surface area contributed by atoms with Gasteiger partial charge in [0.1, 0.15) is 24.1 Å². The number of methoxy groups -OCH3 is 3. The standard InChI is InChI=1S/C22H28N2O5/c1-13-20(22(26)29-5)14(2)23-21(13)18(25)12-24-10-6-7-17(24)16-11-15(27-3)8-9-19(16)28-4/h8-9,11,17,23H,6-7,10,12H2,1-5H3/p+1/t17-/m0/s1. The summed E-state index contributed by atoms with van der Waals surface area (Å²) >= 11 is 0. The van der Waals surface area contributed by atoms with Gasteiger partial charge in [-0.2, -0.15) is 0 Å². The lowest BCUT2D eigenvalue weighted by atomic mass is 10.0. The molecule has 0 spiro atoms. The smallest absolute Gasteiger partial charge is 0.339 e. The van der Waals surface area contributed by atoms with Crippen molar-refractivity contribution in [3.63, 3.8) is 0 Å². The average Bonchev–Trinajstić information content (AvgIpc) is 3.30. The molecule has 1 aliphatic heterocycles. The molecule has 3 rings (SSSR count). The van der Waals surface area contributed by atoms with Crippen LogP contribution in [0, 0.1) is 13.8 Å². The monoisotopic (exact) mass is 401 g/mol. The third-order valence-electron chi connectivity index (χ3n) is 5.79. The number of carbonyl (C=O) groups is 2. The second kappa shape index (κ2) is 8.69. The molecule has 7 heteroatoms. The summed E-state index contributed by atoms with van der Waals surface area (Å²) in [7, 11) is 4.64. The number of aryl methyl sites for hydroxylation is 1. The molecule has 0 saturated carbocycles. The number of carbonyl (C=O) groups excluding carboxylic acids is 2. The van der Waals surface area contributed by atoms with Gasteiger partial charge in [0.15, 0.2) is 0 Å². The van der Waals surface area contributed by atoms with E-state index < -0.39 is 5.97 Å². The van der Waals surface area contributed by atoms with Crippen LogP contribution in [0.4, 0.5) is 0 Å². The zero-order valence-corrected chi connectivity index (χ0v) is 17.7. The van der Waals surface area contributed by atoms with Crippen molar-refractivity contribution in [2.75, 3.05) is 34.4 Å². The number of hydrogen-bond donors (Lipinski definition) is 2. The van der Waals surface area contributed by atoms with E-state index in [0.29, 0.717) is 29.1 Å². The lowest BCUT2D eigenvalue weighted by Gasteiger charge is -2.23. The van der Waals surface area contributed by atoms with E-state index >= 15 is 0 Å². The molecule has 1 saturated heterocycles. The van der Waals surface area contributed by atoms with Crippen LogP contribution in [-0.2, 0) is 4.74 Å². The number of aromatic amines is 1. The molecule has 1 aromatic carbocycles. The van der Waals surface area contributed by atoms with Gasteiger partial charge in [-0.25, -0.2) is 4.79 Å². The van der Waals surface area contributed by atoms with Crippen molar-refractivity contribution in [3.8, 4) is 11.5 Å². The normalized spacial score (nSPS) is 18.5. The van der Waals surface area contributed by atoms with Crippen molar-refractivity contribution in [2.45, 2.75) is 32.7 Å². The number of nitrogens with one attached hydrogen (secondary N) is 2. The summed E-state index contributed by atoms with van der Waals surface area (Å²) in [4.78, 5) is 29.4. The number of esters is 1. The summed E-state index contributed by atoms with van der Waals surface area (Å²) in [5.74, 6) is 1.15. The fourth-order valence-corrected chi connectivity index (χ4v) is 4.34. The van der Waals surface area contributed by atoms with Crippen LogP contribution < -0.4 is 14.4 Å². The van der Waals surface area contributed by atoms with Gasteiger partial charge in [0, 0.05) is 18.5 Å². The molecule has 2 heterocycles. The minimum absolute atomic E-state index is 0.00971. The SMILES string of the molecule is COC(=O)c1c(C)[nH]c(C(=O)C[NH+]2CCC[C@H]2c2cc(OC)ccc2OC)c1C. The number of Topliss-reactive ketones (excluding diaryl/α,β-unsaturated/α-hetero) is 1. The van der Waals surface area contributed by atoms with E-state index in [4.69, 9.17) is 14.2 Å². The second-order valence-corrected chi connectivity index (χ2v) is 7.43. The van der Waals surface area contributed by atoms with Crippen LogP contribution in [0.2, 0.25) is 0 Å². The Labute approximate surface area is 170 Å². The number of hydrogen-bond acceptors (Lipinski definition) is 5. The van der Waals surface area contributed by atoms with E-state index in [9.17, 15) is 9.59 Å². The molecule has 1 unspecified atom stereocenters. The van der Waals surface area contributed by atoms with Gasteiger partial charge in [-0.05, 0) is 37.6 Å². The van der Waals surface area contributed by atoms with Crippen LogP contribution in [0.5, 0.6) is 11.5 Å². The highest BCUT2D eigenvalue weighted by Crippen LogP contribution is 2.31. The molecular formula is C22H29N2O5+. The topological polar surface area (TPSA) is 82.1 Å². The summed E-state index contributed by atoms with van der Waals surface area (Å²) < 4.78 is 15.8. The van der Waals surface area contributed by atoms with Crippen molar-refractivity contribution in [3.05, 3.63) is 46.3 Å². The summed E-state index contributed by atoms with van der Waals surface area (Å²) in [6.07, 6.45) is 2.01. The van der Waals surface area contributed by atoms with Crippen molar-refractivity contribution in [1.29, 1.82) is 0 Å². The molecule has 2 N–H and O–H groups in total. The van der Waals surface area contributed by atoms with Crippen LogP contribution in [0.3, 0.4) is 0 Å². The molecule has 0 aliphatic carbocycles. The van der Waals surface area contributed by atoms with Gasteiger partial charge in [-0.1, -0.05) is 0 Å². The Balaban J connectivity index is 1.85. The quantitative estimate of drug-likeness (QED) is 0.548. The van der Waals surface area contributed by atoms with E-state index in [-0.39, 0.29) is 11.8 Å². The fraction of sp³-hybridized carbons (Fsp3) is 0.455. The largest absolute Gasteiger partial charge is 0.497 e. The lowest BCUT2D eigenvalue weighted by molar-refractivity contribution is -0.910. The molecule has 1 aromatic heterocycles. The van der Waals surface area contributed by atoms with E-state index in [2.05, 4.69) is 4.98 Å². The highest BCUT2D eigenvalue weighted by molar-refractivity contribution is 6.01. The van der Waals surface area contributed by atoms with Gasteiger partial charge in [-0.15, -0.1) is 0 Å². The van der Waals surface area contributed by atoms with E-state index in [0.717, 1.165) is 36.4 Å². The Morgan fingerprint density at radius 2 is 1.93 bits per heavy atom. The Bertz CT molecular complexity index is 918. The Hall–Kier alpha value is -2.80. The highest BCUT2D eigenvalue weighted by atomic mass is 16.5. The Morgan fingerprint density at radius 3 is 2.59 bits per heavy atom. The molecule has 29 heavy (non-hydrogen) atoms. The number of H-pyrrole nitrogens is 1. The molecule has 0 amide bonds. The molecule has 2 aromatic rings. The molecular weight excluding hydrogens is 372 g/mol. The predicted octanol–water partition coefficient (Wildman–Crippen LogP) is 2.04. The zero-order valence-electron chi connectivity index (χ0n) is 17.7. The van der Waals surface area contributed by atoms with Gasteiger partial charge < -0.3 is 24.1 Å². The Kier molecular flexibility index (Phi) is 6.27. The molecule has 1 aliphatic rings. The summed E-state index contributed by atoms with van der Waals surface area (Å²) in [6, 6.07) is 5.94. The fourth-order valence-electron chi connectivity index (χ4n) is 4.34. The maximum atomic E-state index is 13.1. The zero-order chi connectivity index (χ0) is 21.1. The number of ketones is 1. The summed E-state index contributed by atoms with van der Waals surface area (Å²) in [5, 5.41) is 0. The van der Waals surface area contributed by atoms with Crippen LogP contribution in [-0.4, -0.2) is 51.2 Å². The molecule has 0 bridgehead atoms. The average molecular weight is 401 g/mol. The van der Waals surface area contributed by atoms with Crippen molar-refractivity contribution in [2.24, 2.45) is 0 Å². The Morgan fingerprint density at radius 1 is 1.17 bits per heavy atom. The molecule has 0 radical (unpaired) electrons. The second-order valence-electron chi connectivity index (χ2n) is 7.43. The molecule has 7 nitrogen and oxygen atoms in total. The van der Waals surface area contributed by atoms with Gasteiger partial charge in [0.05, 0.1) is 44.7 Å². The van der Waals surface area contributed by atoms with Crippen LogP contribution in [0.1, 0.15) is 56.6 Å². The van der Waals surface area contributed by atoms with Crippen molar-refractivity contribution >= 4 is 11.8 Å². The van der Waals surface area contributed by atoms with Gasteiger partial charge in [-0.3, -0.25) is 4.79 Å². The first-order valence-corrected chi connectivity index (χ1v) is 9.78. The predicted molar refractivity (Wildman–Crippen MR) is 108 cm³/mol. The minimum Gasteiger partial charge on any atom is -0.497 e. The first-order valence-electron chi connectivity index (χ1n) is 9.78. The number of benzene rings is 1. The summed E-state index contributed by atoms with van der Waals surface area (Å²) in [6.45, 7) is 4.80. The lowest BCUT2D eigenvalue weighted by Crippen LogP contribution is -3.11. The van der Waals surface area contributed by atoms with Crippen LogP contribution >= 0.6 is 0 Å². The first-order chi connectivity index (χ1) is 13.9. The van der Waals surface area contributed by atoms with Gasteiger partial charge in [0.25, 0.3) is 0 Å². The number of rotatable bonds is 7. The minimum atomic E-state index is -0.428.